The number of thioether (sulfide) groups is 1. The van der Waals surface area contributed by atoms with Crippen LogP contribution in [0.3, 0.4) is 0 Å². The predicted molar refractivity (Wildman–Crippen MR) is 137 cm³/mol. The summed E-state index contributed by atoms with van der Waals surface area (Å²) >= 11 is 1.66. The minimum absolute atomic E-state index is 0.233. The Labute approximate surface area is 222 Å². The molecular formula is C27H27F3N6OS. The van der Waals surface area contributed by atoms with Gasteiger partial charge in [0, 0.05) is 31.7 Å². The summed E-state index contributed by atoms with van der Waals surface area (Å²) in [5, 5.41) is 9.46. The van der Waals surface area contributed by atoms with Crippen molar-refractivity contribution in [3.63, 3.8) is 0 Å². The highest BCUT2D eigenvalue weighted by Gasteiger charge is 2.57. The second-order valence-electron chi connectivity index (χ2n) is 10.1. The number of oxazole rings is 1. The van der Waals surface area contributed by atoms with Gasteiger partial charge in [-0.2, -0.15) is 13.2 Å². The van der Waals surface area contributed by atoms with Crippen molar-refractivity contribution < 1.29 is 17.6 Å². The Morgan fingerprint density at radius 1 is 1.13 bits per heavy atom. The van der Waals surface area contributed by atoms with Crippen LogP contribution in [0.2, 0.25) is 0 Å². The van der Waals surface area contributed by atoms with E-state index < -0.39 is 11.7 Å². The molecule has 1 saturated heterocycles. The van der Waals surface area contributed by atoms with E-state index in [0.717, 1.165) is 60.9 Å². The lowest BCUT2D eigenvalue weighted by atomic mass is 9.97. The number of pyridine rings is 1. The van der Waals surface area contributed by atoms with Crippen LogP contribution >= 0.6 is 11.8 Å². The van der Waals surface area contributed by atoms with E-state index in [9.17, 15) is 13.2 Å². The SMILES string of the molecule is Cn1c(SCCCN2CCC3(C[C@@H]3c3ccc(C(F)(F)F)cc3)C2)nnc1-c1cnc(-c2cccnc2)o1. The summed E-state index contributed by atoms with van der Waals surface area (Å²) in [6.45, 7) is 3.05. The molecule has 7 nitrogen and oxygen atoms in total. The van der Waals surface area contributed by atoms with Crippen LogP contribution in [0.5, 0.6) is 0 Å². The third-order valence-electron chi connectivity index (χ3n) is 7.61. The van der Waals surface area contributed by atoms with E-state index in [1.54, 1.807) is 42.5 Å². The zero-order valence-corrected chi connectivity index (χ0v) is 21.7. The maximum atomic E-state index is 12.9. The smallest absolute Gasteiger partial charge is 0.416 e. The molecule has 0 radical (unpaired) electrons. The second-order valence-corrected chi connectivity index (χ2v) is 11.2. The highest BCUT2D eigenvalue weighted by Crippen LogP contribution is 2.64. The first-order valence-corrected chi connectivity index (χ1v) is 13.6. The molecular weight excluding hydrogens is 513 g/mol. The first-order valence-electron chi connectivity index (χ1n) is 12.6. The number of hydrogen-bond acceptors (Lipinski definition) is 7. The fourth-order valence-electron chi connectivity index (χ4n) is 5.46. The molecule has 4 aromatic rings. The molecule has 0 amide bonds. The van der Waals surface area contributed by atoms with Gasteiger partial charge in [0.1, 0.15) is 0 Å². The van der Waals surface area contributed by atoms with Gasteiger partial charge in [-0.1, -0.05) is 23.9 Å². The summed E-state index contributed by atoms with van der Waals surface area (Å²) in [7, 11) is 1.92. The number of halogens is 3. The van der Waals surface area contributed by atoms with E-state index in [1.807, 2.05) is 23.7 Å². The third kappa shape index (κ3) is 4.96. The molecule has 2 atom stereocenters. The number of aromatic nitrogens is 5. The molecule has 2 aliphatic rings. The van der Waals surface area contributed by atoms with Crippen LogP contribution in [0, 0.1) is 5.41 Å². The first kappa shape index (κ1) is 25.1. The Hall–Kier alpha value is -3.18. The maximum absolute atomic E-state index is 12.9. The van der Waals surface area contributed by atoms with Crippen LogP contribution in [0.1, 0.15) is 36.3 Å². The average Bonchev–Trinajstić information content (AvgIpc) is 3.25. The van der Waals surface area contributed by atoms with Crippen LogP contribution < -0.4 is 0 Å². The highest BCUT2D eigenvalue weighted by atomic mass is 32.2. The van der Waals surface area contributed by atoms with E-state index in [4.69, 9.17) is 4.42 Å². The van der Waals surface area contributed by atoms with Crippen molar-refractivity contribution >= 4 is 11.8 Å². The van der Waals surface area contributed by atoms with Gasteiger partial charge < -0.3 is 13.9 Å². The number of nitrogens with zero attached hydrogens (tertiary/aromatic N) is 6. The van der Waals surface area contributed by atoms with Crippen molar-refractivity contribution in [3.05, 3.63) is 66.1 Å². The van der Waals surface area contributed by atoms with Gasteiger partial charge in [0.05, 0.1) is 17.3 Å². The van der Waals surface area contributed by atoms with Crippen molar-refractivity contribution in [2.45, 2.75) is 36.5 Å². The first-order chi connectivity index (χ1) is 18.3. The van der Waals surface area contributed by atoms with Crippen molar-refractivity contribution in [1.29, 1.82) is 0 Å². The van der Waals surface area contributed by atoms with Gasteiger partial charge in [-0.25, -0.2) is 4.98 Å². The molecule has 1 saturated carbocycles. The van der Waals surface area contributed by atoms with Crippen LogP contribution in [0.4, 0.5) is 13.2 Å². The molecule has 1 aromatic carbocycles. The Kier molecular flexibility index (Phi) is 6.51. The fraction of sp³-hybridized carbons (Fsp3) is 0.407. The number of benzene rings is 1. The molecule has 1 spiro atoms. The minimum Gasteiger partial charge on any atom is -0.433 e. The predicted octanol–water partition coefficient (Wildman–Crippen LogP) is 5.91. The zero-order valence-electron chi connectivity index (χ0n) is 20.9. The molecule has 1 aliphatic heterocycles. The Morgan fingerprint density at radius 2 is 1.97 bits per heavy atom. The van der Waals surface area contributed by atoms with E-state index >= 15 is 0 Å². The summed E-state index contributed by atoms with van der Waals surface area (Å²) in [5.41, 5.74) is 1.49. The normalized spacial score (nSPS) is 21.4. The summed E-state index contributed by atoms with van der Waals surface area (Å²) in [6, 6.07) is 9.47. The van der Waals surface area contributed by atoms with Crippen LogP contribution in [0.15, 0.2) is 64.6 Å². The average molecular weight is 541 g/mol. The molecule has 6 rings (SSSR count). The van der Waals surface area contributed by atoms with Gasteiger partial charge in [0.25, 0.3) is 0 Å². The van der Waals surface area contributed by atoms with E-state index in [0.29, 0.717) is 23.4 Å². The molecule has 0 N–H and O–H groups in total. The quantitative estimate of drug-likeness (QED) is 0.203. The third-order valence-corrected chi connectivity index (χ3v) is 8.72. The number of likely N-dealkylation sites (tertiary alicyclic amines) is 1. The lowest BCUT2D eigenvalue weighted by Crippen LogP contribution is -2.23. The molecule has 1 aliphatic carbocycles. The van der Waals surface area contributed by atoms with Crippen LogP contribution in [-0.4, -0.2) is 55.0 Å². The van der Waals surface area contributed by atoms with Crippen molar-refractivity contribution in [2.24, 2.45) is 12.5 Å². The Balaban J connectivity index is 0.981. The Bertz CT molecular complexity index is 1400. The highest BCUT2D eigenvalue weighted by molar-refractivity contribution is 7.99. The fourth-order valence-corrected chi connectivity index (χ4v) is 6.29. The monoisotopic (exact) mass is 540 g/mol. The molecule has 1 unspecified atom stereocenters. The molecule has 2 fully saturated rings. The standard InChI is InChI=1S/C27H27F3N6OS/c1-35-23(22-16-32-24(37-22)19-4-2-10-31-15-19)33-34-25(35)38-13-3-11-36-12-9-26(17-36)14-21(26)18-5-7-20(8-6-18)27(28,29)30/h2,4-8,10,15-16,21H,3,9,11-14,17H2,1H3/t21-,26?/m1/s1. The van der Waals surface area contributed by atoms with Gasteiger partial charge in [-0.05, 0) is 73.5 Å². The summed E-state index contributed by atoms with van der Waals surface area (Å²) in [6.07, 6.45) is 3.96. The summed E-state index contributed by atoms with van der Waals surface area (Å²) < 4.78 is 46.4. The minimum atomic E-state index is -4.28. The number of alkyl halides is 3. The molecule has 3 aromatic heterocycles. The molecule has 0 bridgehead atoms. The lowest BCUT2D eigenvalue weighted by Gasteiger charge is -2.16. The summed E-state index contributed by atoms with van der Waals surface area (Å²) in [5.74, 6) is 2.95. The van der Waals surface area contributed by atoms with Crippen molar-refractivity contribution in [1.82, 2.24) is 29.6 Å². The number of rotatable bonds is 8. The molecule has 38 heavy (non-hydrogen) atoms. The summed E-state index contributed by atoms with van der Waals surface area (Å²) in [4.78, 5) is 10.9. The van der Waals surface area contributed by atoms with E-state index in [1.165, 1.54) is 12.1 Å². The van der Waals surface area contributed by atoms with Crippen LogP contribution in [0.25, 0.3) is 23.0 Å². The van der Waals surface area contributed by atoms with Gasteiger partial charge in [0.15, 0.2) is 10.9 Å². The lowest BCUT2D eigenvalue weighted by molar-refractivity contribution is -0.137. The molecule has 4 heterocycles. The van der Waals surface area contributed by atoms with Gasteiger partial charge in [0.2, 0.25) is 11.7 Å². The maximum Gasteiger partial charge on any atom is 0.416 e. The molecule has 198 valence electrons. The Morgan fingerprint density at radius 3 is 2.74 bits per heavy atom. The second kappa shape index (κ2) is 9.85. The largest absolute Gasteiger partial charge is 0.433 e. The van der Waals surface area contributed by atoms with Gasteiger partial charge >= 0.3 is 6.18 Å². The topological polar surface area (TPSA) is 72.9 Å². The zero-order chi connectivity index (χ0) is 26.3. The van der Waals surface area contributed by atoms with Crippen molar-refractivity contribution in [2.75, 3.05) is 25.4 Å². The van der Waals surface area contributed by atoms with Gasteiger partial charge in [-0.3, -0.25) is 4.98 Å². The number of hydrogen-bond donors (Lipinski definition) is 0. The van der Waals surface area contributed by atoms with Crippen molar-refractivity contribution in [3.8, 4) is 23.0 Å². The van der Waals surface area contributed by atoms with Crippen LogP contribution in [-0.2, 0) is 13.2 Å². The van der Waals surface area contributed by atoms with Gasteiger partial charge in [-0.15, -0.1) is 10.2 Å². The van der Waals surface area contributed by atoms with E-state index in [2.05, 4.69) is 25.1 Å². The van der Waals surface area contributed by atoms with E-state index in [-0.39, 0.29) is 5.41 Å². The molecule has 11 heteroatoms.